The van der Waals surface area contributed by atoms with Gasteiger partial charge in [0, 0.05) is 26.2 Å². The quantitative estimate of drug-likeness (QED) is 0.153. The number of fused-ring (bicyclic) bond motifs is 3. The Morgan fingerprint density at radius 3 is 0.794 bits per heavy atom. The van der Waals surface area contributed by atoms with Crippen LogP contribution < -0.4 is 0 Å². The minimum absolute atomic E-state index is 0. The number of benzene rings is 6. The minimum atomic E-state index is 0. The van der Waals surface area contributed by atoms with Crippen molar-refractivity contribution >= 4 is 58.5 Å². The first kappa shape index (κ1) is 25.0. The first-order valence-corrected chi connectivity index (χ1v) is 10.6. The van der Waals surface area contributed by atoms with Crippen LogP contribution in [0.4, 0.5) is 0 Å². The monoisotopic (exact) mass is 641 g/mol. The third kappa shape index (κ3) is 6.69. The second kappa shape index (κ2) is 12.0. The molecule has 6 rings (SSSR count). The Morgan fingerprint density at radius 1 is 0.294 bits per heavy atom. The fraction of sp³-hybridized carbons (Fsp3) is 0. The van der Waals surface area contributed by atoms with Crippen LogP contribution in [-0.2, 0) is 0 Å². The molecule has 0 amide bonds. The first-order chi connectivity index (χ1) is 16.1. The topological polar surface area (TPSA) is 60.7 Å². The number of rotatable bonds is 0. The van der Waals surface area contributed by atoms with E-state index in [2.05, 4.69) is 0 Å². The van der Waals surface area contributed by atoms with Gasteiger partial charge in [0.15, 0.2) is 0 Å². The molecule has 34 heavy (non-hydrogen) atoms. The Hall–Kier alpha value is -3.62. The van der Waals surface area contributed by atoms with Crippen molar-refractivity contribution in [3.8, 4) is 17.2 Å². The standard InChI is InChI=1S/3C10H8O.Bi/c3*11-10-6-5-8-3-1-2-4-9(8)7-10;/h3*1-7,11H;. The molecular formula is C30H24BiO3. The van der Waals surface area contributed by atoms with Gasteiger partial charge in [0.1, 0.15) is 17.2 Å². The fourth-order valence-corrected chi connectivity index (χ4v) is 3.53. The van der Waals surface area contributed by atoms with Gasteiger partial charge in [-0.3, -0.25) is 0 Å². The van der Waals surface area contributed by atoms with E-state index in [9.17, 15) is 0 Å². The van der Waals surface area contributed by atoms with Crippen molar-refractivity contribution < 1.29 is 15.3 Å². The van der Waals surface area contributed by atoms with Crippen molar-refractivity contribution in [2.45, 2.75) is 0 Å². The van der Waals surface area contributed by atoms with E-state index in [-0.39, 0.29) is 26.2 Å². The summed E-state index contributed by atoms with van der Waals surface area (Å²) in [7, 11) is 0. The van der Waals surface area contributed by atoms with Crippen LogP contribution in [0.5, 0.6) is 17.2 Å². The summed E-state index contributed by atoms with van der Waals surface area (Å²) in [4.78, 5) is 0. The summed E-state index contributed by atoms with van der Waals surface area (Å²) in [6.45, 7) is 0. The molecule has 0 aliphatic rings. The summed E-state index contributed by atoms with van der Waals surface area (Å²) >= 11 is 0. The van der Waals surface area contributed by atoms with Crippen LogP contribution >= 0.6 is 0 Å². The van der Waals surface area contributed by atoms with Crippen LogP contribution in [0, 0.1) is 0 Å². The van der Waals surface area contributed by atoms with E-state index in [1.807, 2.05) is 91.0 Å². The van der Waals surface area contributed by atoms with Gasteiger partial charge >= 0.3 is 0 Å². The second-order valence-electron chi connectivity index (χ2n) is 7.59. The summed E-state index contributed by atoms with van der Waals surface area (Å²) in [6.07, 6.45) is 0. The molecule has 0 fully saturated rings. The summed E-state index contributed by atoms with van der Waals surface area (Å²) in [6, 6.07) is 39.9. The van der Waals surface area contributed by atoms with Gasteiger partial charge in [0.25, 0.3) is 0 Å². The van der Waals surface area contributed by atoms with Gasteiger partial charge in [0.2, 0.25) is 0 Å². The molecule has 4 heteroatoms. The molecule has 0 aliphatic carbocycles. The molecule has 0 heterocycles. The first-order valence-electron chi connectivity index (χ1n) is 10.6. The van der Waals surface area contributed by atoms with Crippen LogP contribution in [0.1, 0.15) is 0 Å². The van der Waals surface area contributed by atoms with Crippen LogP contribution in [-0.4, -0.2) is 41.5 Å². The number of hydrogen-bond donors (Lipinski definition) is 3. The molecule has 167 valence electrons. The van der Waals surface area contributed by atoms with Crippen molar-refractivity contribution in [2.75, 3.05) is 0 Å². The maximum Gasteiger partial charge on any atom is 0.116 e. The average Bonchev–Trinajstić information content (AvgIpc) is 2.84. The molecule has 0 unspecified atom stereocenters. The van der Waals surface area contributed by atoms with Crippen molar-refractivity contribution in [3.63, 3.8) is 0 Å². The van der Waals surface area contributed by atoms with Gasteiger partial charge in [-0.1, -0.05) is 91.0 Å². The number of phenolic OH excluding ortho intramolecular Hbond substituents is 3. The van der Waals surface area contributed by atoms with Crippen LogP contribution in [0.15, 0.2) is 127 Å². The smallest absolute Gasteiger partial charge is 0.116 e. The summed E-state index contributed by atoms with van der Waals surface area (Å²) in [5.74, 6) is 0.969. The number of phenols is 3. The third-order valence-electron chi connectivity index (χ3n) is 5.20. The van der Waals surface area contributed by atoms with Gasteiger partial charge in [-0.05, 0) is 68.7 Å². The van der Waals surface area contributed by atoms with Gasteiger partial charge < -0.3 is 15.3 Å². The van der Waals surface area contributed by atoms with Crippen LogP contribution in [0.2, 0.25) is 0 Å². The van der Waals surface area contributed by atoms with Gasteiger partial charge in [-0.25, -0.2) is 0 Å². The zero-order valence-electron chi connectivity index (χ0n) is 18.4. The van der Waals surface area contributed by atoms with E-state index in [0.29, 0.717) is 17.2 Å². The van der Waals surface area contributed by atoms with E-state index in [1.165, 1.54) is 0 Å². The van der Waals surface area contributed by atoms with Gasteiger partial charge in [0.05, 0.1) is 0 Å². The van der Waals surface area contributed by atoms with E-state index in [1.54, 1.807) is 36.4 Å². The predicted octanol–water partition coefficient (Wildman–Crippen LogP) is 7.26. The fourth-order valence-electron chi connectivity index (χ4n) is 3.53. The minimum Gasteiger partial charge on any atom is -0.508 e. The molecule has 6 aromatic rings. The summed E-state index contributed by atoms with van der Waals surface area (Å²) in [5.41, 5.74) is 0. The average molecular weight is 641 g/mol. The Bertz CT molecular complexity index is 1330. The molecule has 3 nitrogen and oxygen atoms in total. The SMILES string of the molecule is Oc1ccc2ccccc2c1.Oc1ccc2ccccc2c1.Oc1ccc2ccccc2c1.[Bi]. The number of aromatic hydroxyl groups is 3. The molecular weight excluding hydrogens is 617 g/mol. The molecule has 0 aromatic heterocycles. The van der Waals surface area contributed by atoms with Crippen LogP contribution in [0.3, 0.4) is 0 Å². The van der Waals surface area contributed by atoms with E-state index >= 15 is 0 Å². The largest absolute Gasteiger partial charge is 0.508 e. The molecule has 0 saturated heterocycles. The second-order valence-corrected chi connectivity index (χ2v) is 7.59. The van der Waals surface area contributed by atoms with E-state index < -0.39 is 0 Å². The summed E-state index contributed by atoms with van der Waals surface area (Å²) < 4.78 is 0. The van der Waals surface area contributed by atoms with Crippen molar-refractivity contribution in [1.82, 2.24) is 0 Å². The van der Waals surface area contributed by atoms with E-state index in [4.69, 9.17) is 15.3 Å². The molecule has 0 spiro atoms. The Kier molecular flexibility index (Phi) is 8.84. The normalized spacial score (nSPS) is 9.88. The van der Waals surface area contributed by atoms with Gasteiger partial charge in [-0.15, -0.1) is 0 Å². The molecule has 0 bridgehead atoms. The maximum absolute atomic E-state index is 9.13. The van der Waals surface area contributed by atoms with Crippen LogP contribution in [0.25, 0.3) is 32.3 Å². The third-order valence-corrected chi connectivity index (χ3v) is 5.20. The molecule has 0 aliphatic heterocycles. The Morgan fingerprint density at radius 2 is 0.529 bits per heavy atom. The van der Waals surface area contributed by atoms with E-state index in [0.717, 1.165) is 32.3 Å². The molecule has 3 N–H and O–H groups in total. The molecule has 0 saturated carbocycles. The van der Waals surface area contributed by atoms with Crippen molar-refractivity contribution in [1.29, 1.82) is 0 Å². The Labute approximate surface area is 217 Å². The zero-order chi connectivity index (χ0) is 23.0. The zero-order valence-corrected chi connectivity index (χ0v) is 21.9. The van der Waals surface area contributed by atoms with Crippen molar-refractivity contribution in [3.05, 3.63) is 127 Å². The van der Waals surface area contributed by atoms with Gasteiger partial charge in [-0.2, -0.15) is 0 Å². The Balaban J connectivity index is 0.000000141. The summed E-state index contributed by atoms with van der Waals surface area (Å²) in [5, 5.41) is 34.1. The maximum atomic E-state index is 9.13. The van der Waals surface area contributed by atoms with Crippen molar-refractivity contribution in [2.24, 2.45) is 0 Å². The predicted molar refractivity (Wildman–Crippen MR) is 143 cm³/mol. The molecule has 6 aromatic carbocycles. The number of hydrogen-bond acceptors (Lipinski definition) is 3. The molecule has 3 radical (unpaired) electrons. The molecule has 0 atom stereocenters.